The van der Waals surface area contributed by atoms with Crippen LogP contribution in [0.1, 0.15) is 36.9 Å². The highest BCUT2D eigenvalue weighted by molar-refractivity contribution is 6.17. The molecule has 0 radical (unpaired) electrons. The Kier molecular flexibility index (Phi) is 3.52. The zero-order valence-electron chi connectivity index (χ0n) is 10.8. The smallest absolute Gasteiger partial charge is 0.351 e. The van der Waals surface area contributed by atoms with E-state index in [1.54, 1.807) is 0 Å². The van der Waals surface area contributed by atoms with Gasteiger partial charge in [0.05, 0.1) is 5.88 Å². The maximum Gasteiger partial charge on any atom is 0.433 e. The van der Waals surface area contributed by atoms with Crippen molar-refractivity contribution in [3.8, 4) is 0 Å². The molecule has 2 fully saturated rings. The summed E-state index contributed by atoms with van der Waals surface area (Å²) in [6, 6.07) is 0.205. The van der Waals surface area contributed by atoms with E-state index in [0.29, 0.717) is 11.8 Å². The Labute approximate surface area is 119 Å². The van der Waals surface area contributed by atoms with Crippen LogP contribution in [0, 0.1) is 11.8 Å². The molecule has 2 saturated carbocycles. The van der Waals surface area contributed by atoms with E-state index >= 15 is 0 Å². The lowest BCUT2D eigenvalue weighted by atomic mass is 9.95. The van der Waals surface area contributed by atoms with Gasteiger partial charge in [-0.25, -0.2) is 9.97 Å². The zero-order valence-corrected chi connectivity index (χ0v) is 11.5. The standard InChI is InChI=1S/C13H15ClF3N3/c14-5-9-6-18-12(20-11(9)13(15,16)17)19-10-4-7-1-2-8(10)3-7/h6-8,10H,1-5H2,(H,18,19,20)/t7-,8+,10-/m1/s1. The summed E-state index contributed by atoms with van der Waals surface area (Å²) in [5, 5.41) is 3.07. The Balaban J connectivity index is 1.80. The quantitative estimate of drug-likeness (QED) is 0.862. The molecule has 1 aromatic rings. The molecule has 0 aliphatic heterocycles. The number of fused-ring (bicyclic) bond motifs is 2. The lowest BCUT2D eigenvalue weighted by Crippen LogP contribution is -2.27. The molecule has 3 atom stereocenters. The van der Waals surface area contributed by atoms with Crippen molar-refractivity contribution in [3.05, 3.63) is 17.5 Å². The van der Waals surface area contributed by atoms with Crippen molar-refractivity contribution in [3.63, 3.8) is 0 Å². The minimum atomic E-state index is -4.50. The summed E-state index contributed by atoms with van der Waals surface area (Å²) in [4.78, 5) is 7.59. The van der Waals surface area contributed by atoms with Gasteiger partial charge in [-0.1, -0.05) is 6.42 Å². The summed E-state index contributed by atoms with van der Waals surface area (Å²) in [6.45, 7) is 0. The van der Waals surface area contributed by atoms with E-state index in [1.165, 1.54) is 19.0 Å². The van der Waals surface area contributed by atoms with Crippen LogP contribution in [0.2, 0.25) is 0 Å². The number of hydrogen-bond acceptors (Lipinski definition) is 3. The molecule has 2 aliphatic rings. The number of alkyl halides is 4. The summed E-state index contributed by atoms with van der Waals surface area (Å²) < 4.78 is 38.7. The summed E-state index contributed by atoms with van der Waals surface area (Å²) in [5.74, 6) is 1.07. The molecule has 3 nitrogen and oxygen atoms in total. The maximum atomic E-state index is 12.9. The predicted molar refractivity (Wildman–Crippen MR) is 69.4 cm³/mol. The first kappa shape index (κ1) is 13.9. The van der Waals surface area contributed by atoms with Crippen molar-refractivity contribution < 1.29 is 13.2 Å². The van der Waals surface area contributed by atoms with Crippen LogP contribution in [0.15, 0.2) is 6.20 Å². The van der Waals surface area contributed by atoms with E-state index in [2.05, 4.69) is 15.3 Å². The SMILES string of the molecule is FC(F)(F)c1nc(N[C@@H]2C[C@@H]3CC[C@H]2C3)ncc1CCl. The monoisotopic (exact) mass is 305 g/mol. The number of nitrogens with zero attached hydrogens (tertiary/aromatic N) is 2. The highest BCUT2D eigenvalue weighted by Crippen LogP contribution is 2.45. The summed E-state index contributed by atoms with van der Waals surface area (Å²) in [5.41, 5.74) is -1.02. The molecule has 7 heteroatoms. The van der Waals surface area contributed by atoms with Crippen LogP contribution in [0.5, 0.6) is 0 Å². The second-order valence-electron chi connectivity index (χ2n) is 5.62. The van der Waals surface area contributed by atoms with Crippen LogP contribution in [-0.2, 0) is 12.1 Å². The minimum Gasteiger partial charge on any atom is -0.351 e. The van der Waals surface area contributed by atoms with E-state index in [0.717, 1.165) is 12.8 Å². The predicted octanol–water partition coefficient (Wildman–Crippen LogP) is 3.83. The van der Waals surface area contributed by atoms with E-state index in [9.17, 15) is 13.2 Å². The van der Waals surface area contributed by atoms with Gasteiger partial charge in [0.2, 0.25) is 5.95 Å². The Hall–Kier alpha value is -1.04. The van der Waals surface area contributed by atoms with Crippen LogP contribution < -0.4 is 5.32 Å². The van der Waals surface area contributed by atoms with Crippen molar-refractivity contribution in [1.29, 1.82) is 0 Å². The second kappa shape index (κ2) is 5.06. The normalized spacial score (nSPS) is 28.9. The van der Waals surface area contributed by atoms with Gasteiger partial charge in [-0.2, -0.15) is 13.2 Å². The Bertz CT molecular complexity index is 506. The molecule has 0 aromatic carbocycles. The molecule has 3 rings (SSSR count). The molecule has 1 aromatic heterocycles. The van der Waals surface area contributed by atoms with Crippen LogP contribution in [0.3, 0.4) is 0 Å². The minimum absolute atomic E-state index is 0.0590. The average Bonchev–Trinajstić information content (AvgIpc) is 3.00. The fraction of sp³-hybridized carbons (Fsp3) is 0.692. The third-order valence-electron chi connectivity index (χ3n) is 4.33. The summed E-state index contributed by atoms with van der Waals surface area (Å²) >= 11 is 5.51. The summed E-state index contributed by atoms with van der Waals surface area (Å²) in [6.07, 6.45) is 1.23. The Morgan fingerprint density at radius 3 is 2.65 bits per heavy atom. The Morgan fingerprint density at radius 2 is 2.10 bits per heavy atom. The third kappa shape index (κ3) is 2.57. The zero-order chi connectivity index (χ0) is 14.3. The second-order valence-corrected chi connectivity index (χ2v) is 5.89. The van der Waals surface area contributed by atoms with Crippen molar-refractivity contribution in [2.75, 3.05) is 5.32 Å². The van der Waals surface area contributed by atoms with Gasteiger partial charge in [0.15, 0.2) is 5.69 Å². The number of nitrogens with one attached hydrogen (secondary N) is 1. The van der Waals surface area contributed by atoms with Crippen molar-refractivity contribution in [1.82, 2.24) is 9.97 Å². The number of halogens is 4. The number of rotatable bonds is 3. The number of anilines is 1. The van der Waals surface area contributed by atoms with Crippen LogP contribution in [0.25, 0.3) is 0 Å². The molecule has 20 heavy (non-hydrogen) atoms. The van der Waals surface area contributed by atoms with Gasteiger partial charge < -0.3 is 5.32 Å². The molecule has 0 spiro atoms. The maximum absolute atomic E-state index is 12.9. The molecule has 110 valence electrons. The molecule has 0 unspecified atom stereocenters. The first-order chi connectivity index (χ1) is 9.47. The highest BCUT2D eigenvalue weighted by atomic mass is 35.5. The molecule has 1 N–H and O–H groups in total. The number of hydrogen-bond donors (Lipinski definition) is 1. The van der Waals surface area contributed by atoms with Crippen molar-refractivity contribution in [2.24, 2.45) is 11.8 Å². The van der Waals surface area contributed by atoms with Crippen LogP contribution >= 0.6 is 11.6 Å². The molecule has 0 amide bonds. The molecular weight excluding hydrogens is 291 g/mol. The van der Waals surface area contributed by atoms with Gasteiger partial charge in [0.25, 0.3) is 0 Å². The van der Waals surface area contributed by atoms with E-state index in [4.69, 9.17) is 11.6 Å². The third-order valence-corrected chi connectivity index (χ3v) is 4.62. The van der Waals surface area contributed by atoms with E-state index in [-0.39, 0.29) is 23.4 Å². The number of aromatic nitrogens is 2. The lowest BCUT2D eigenvalue weighted by Gasteiger charge is -2.23. The van der Waals surface area contributed by atoms with Crippen molar-refractivity contribution >= 4 is 17.5 Å². The molecule has 2 aliphatic carbocycles. The molecule has 0 saturated heterocycles. The lowest BCUT2D eigenvalue weighted by molar-refractivity contribution is -0.141. The fourth-order valence-corrected chi connectivity index (χ4v) is 3.60. The van der Waals surface area contributed by atoms with Gasteiger partial charge in [0.1, 0.15) is 0 Å². The van der Waals surface area contributed by atoms with Gasteiger partial charge in [-0.15, -0.1) is 11.6 Å². The van der Waals surface area contributed by atoms with E-state index in [1.807, 2.05) is 0 Å². The topological polar surface area (TPSA) is 37.8 Å². The van der Waals surface area contributed by atoms with E-state index < -0.39 is 11.9 Å². The highest BCUT2D eigenvalue weighted by Gasteiger charge is 2.40. The first-order valence-corrected chi connectivity index (χ1v) is 7.26. The Morgan fingerprint density at radius 1 is 1.30 bits per heavy atom. The van der Waals surface area contributed by atoms with Gasteiger partial charge >= 0.3 is 6.18 Å². The average molecular weight is 306 g/mol. The molecule has 2 bridgehead atoms. The summed E-state index contributed by atoms with van der Waals surface area (Å²) in [7, 11) is 0. The van der Waals surface area contributed by atoms with Crippen LogP contribution in [0.4, 0.5) is 19.1 Å². The van der Waals surface area contributed by atoms with Gasteiger partial charge in [-0.05, 0) is 31.1 Å². The van der Waals surface area contributed by atoms with Crippen molar-refractivity contribution in [2.45, 2.75) is 43.8 Å². The fourth-order valence-electron chi connectivity index (χ4n) is 3.41. The van der Waals surface area contributed by atoms with Crippen LogP contribution in [-0.4, -0.2) is 16.0 Å². The van der Waals surface area contributed by atoms with Gasteiger partial charge in [0, 0.05) is 17.8 Å². The van der Waals surface area contributed by atoms with Gasteiger partial charge in [-0.3, -0.25) is 0 Å². The first-order valence-electron chi connectivity index (χ1n) is 6.73. The largest absolute Gasteiger partial charge is 0.433 e. The molecular formula is C13H15ClF3N3. The molecule has 1 heterocycles.